The number of pyridine rings is 1. The molecule has 0 saturated carbocycles. The molecule has 0 saturated heterocycles. The number of aromatic nitrogens is 1. The number of para-hydroxylation sites is 1. The van der Waals surface area contributed by atoms with Gasteiger partial charge < -0.3 is 15.8 Å². The first-order valence-electron chi connectivity index (χ1n) is 6.23. The smallest absolute Gasteiger partial charge is 0.270 e. The summed E-state index contributed by atoms with van der Waals surface area (Å²) in [6, 6.07) is 9.07. The summed E-state index contributed by atoms with van der Waals surface area (Å²) in [6.07, 6.45) is 0. The highest BCUT2D eigenvalue weighted by molar-refractivity contribution is 5.99. The van der Waals surface area contributed by atoms with Gasteiger partial charge in [-0.25, -0.2) is 4.98 Å². The predicted molar refractivity (Wildman–Crippen MR) is 75.0 cm³/mol. The fraction of sp³-hybridized carbons (Fsp3) is 0.286. The summed E-state index contributed by atoms with van der Waals surface area (Å²) < 4.78 is 5.15. The first kappa shape index (κ1) is 13.3. The van der Waals surface area contributed by atoms with Crippen molar-refractivity contribution in [3.63, 3.8) is 0 Å². The third-order valence-electron chi connectivity index (χ3n) is 2.72. The van der Waals surface area contributed by atoms with E-state index in [2.05, 4.69) is 10.3 Å². The number of anilines is 1. The minimum absolute atomic E-state index is 0.239. The van der Waals surface area contributed by atoms with E-state index < -0.39 is 0 Å². The van der Waals surface area contributed by atoms with E-state index in [0.29, 0.717) is 31.1 Å². The Labute approximate surface area is 111 Å². The third kappa shape index (κ3) is 3.20. The lowest BCUT2D eigenvalue weighted by atomic mass is 10.1. The van der Waals surface area contributed by atoms with Gasteiger partial charge in [-0.1, -0.05) is 18.2 Å². The quantitative estimate of drug-likeness (QED) is 0.799. The molecule has 0 unspecified atom stereocenters. The number of nitrogens with two attached hydrogens (primary N) is 1. The van der Waals surface area contributed by atoms with Gasteiger partial charge in [0, 0.05) is 24.2 Å². The lowest BCUT2D eigenvalue weighted by Gasteiger charge is -2.07. The number of benzene rings is 1. The van der Waals surface area contributed by atoms with Gasteiger partial charge in [0.05, 0.1) is 12.1 Å². The number of hydrogen-bond donors (Lipinski definition) is 2. The minimum atomic E-state index is -0.239. The summed E-state index contributed by atoms with van der Waals surface area (Å²) in [6.45, 7) is 3.50. The summed E-state index contributed by atoms with van der Waals surface area (Å²) in [5.74, 6) is -0.239. The van der Waals surface area contributed by atoms with Crippen LogP contribution in [0.1, 0.15) is 17.4 Å². The Hall–Kier alpha value is -2.14. The van der Waals surface area contributed by atoms with Crippen molar-refractivity contribution in [2.24, 2.45) is 0 Å². The lowest BCUT2D eigenvalue weighted by Crippen LogP contribution is -2.28. The van der Waals surface area contributed by atoms with Crippen molar-refractivity contribution in [3.05, 3.63) is 36.0 Å². The standard InChI is InChI=1S/C14H17N3O2/c1-2-19-8-7-16-14(18)13-9-11(15)10-5-3-4-6-12(10)17-13/h3-6,9H,2,7-8H2,1H3,(H2,15,17)(H,16,18). The number of hydrogen-bond acceptors (Lipinski definition) is 4. The highest BCUT2D eigenvalue weighted by Gasteiger charge is 2.09. The highest BCUT2D eigenvalue weighted by atomic mass is 16.5. The molecule has 100 valence electrons. The average molecular weight is 259 g/mol. The second-order valence-electron chi connectivity index (χ2n) is 4.07. The molecule has 5 heteroatoms. The van der Waals surface area contributed by atoms with Crippen molar-refractivity contribution in [2.45, 2.75) is 6.92 Å². The van der Waals surface area contributed by atoms with Gasteiger partial charge in [-0.15, -0.1) is 0 Å². The molecule has 0 fully saturated rings. The van der Waals surface area contributed by atoms with Crippen LogP contribution in [0.25, 0.3) is 10.9 Å². The zero-order valence-electron chi connectivity index (χ0n) is 10.8. The van der Waals surface area contributed by atoms with Crippen molar-refractivity contribution >= 4 is 22.5 Å². The van der Waals surface area contributed by atoms with E-state index in [9.17, 15) is 4.79 Å². The van der Waals surface area contributed by atoms with Crippen LogP contribution in [0.3, 0.4) is 0 Å². The molecule has 19 heavy (non-hydrogen) atoms. The summed E-state index contributed by atoms with van der Waals surface area (Å²) in [5, 5.41) is 3.60. The van der Waals surface area contributed by atoms with E-state index in [1.54, 1.807) is 6.07 Å². The molecule has 2 aromatic rings. The number of amides is 1. The number of carbonyl (C=O) groups excluding carboxylic acids is 1. The van der Waals surface area contributed by atoms with Gasteiger partial charge in [0.1, 0.15) is 5.69 Å². The van der Waals surface area contributed by atoms with Crippen molar-refractivity contribution in [1.29, 1.82) is 0 Å². The second kappa shape index (κ2) is 6.15. The Morgan fingerprint density at radius 1 is 1.42 bits per heavy atom. The normalized spacial score (nSPS) is 10.6. The van der Waals surface area contributed by atoms with Crippen LogP contribution in [-0.2, 0) is 4.74 Å². The van der Waals surface area contributed by atoms with Gasteiger partial charge in [0.15, 0.2) is 0 Å². The fourth-order valence-corrected chi connectivity index (χ4v) is 1.79. The van der Waals surface area contributed by atoms with Crippen LogP contribution in [-0.4, -0.2) is 30.6 Å². The lowest BCUT2D eigenvalue weighted by molar-refractivity contribution is 0.0918. The van der Waals surface area contributed by atoms with Crippen LogP contribution < -0.4 is 11.1 Å². The molecule has 2 rings (SSSR count). The maximum Gasteiger partial charge on any atom is 0.270 e. The Bertz CT molecular complexity index is 584. The Morgan fingerprint density at radius 2 is 2.21 bits per heavy atom. The van der Waals surface area contributed by atoms with Crippen molar-refractivity contribution < 1.29 is 9.53 Å². The zero-order valence-corrected chi connectivity index (χ0v) is 10.8. The van der Waals surface area contributed by atoms with Crippen LogP contribution in [0, 0.1) is 0 Å². The van der Waals surface area contributed by atoms with Crippen LogP contribution in [0.4, 0.5) is 5.69 Å². The number of nitrogens with one attached hydrogen (secondary N) is 1. The maximum atomic E-state index is 11.9. The monoisotopic (exact) mass is 259 g/mol. The second-order valence-corrected chi connectivity index (χ2v) is 4.07. The topological polar surface area (TPSA) is 77.2 Å². The fourth-order valence-electron chi connectivity index (χ4n) is 1.79. The Balaban J connectivity index is 2.14. The summed E-state index contributed by atoms with van der Waals surface area (Å²) in [5.41, 5.74) is 7.53. The van der Waals surface area contributed by atoms with Crippen LogP contribution in [0.5, 0.6) is 0 Å². The van der Waals surface area contributed by atoms with Crippen LogP contribution in [0.2, 0.25) is 0 Å². The molecule has 0 spiro atoms. The van der Waals surface area contributed by atoms with Gasteiger partial charge in [-0.05, 0) is 19.1 Å². The molecule has 0 atom stereocenters. The molecule has 0 bridgehead atoms. The van der Waals surface area contributed by atoms with Gasteiger partial charge >= 0.3 is 0 Å². The molecule has 1 aromatic carbocycles. The van der Waals surface area contributed by atoms with E-state index in [1.165, 1.54) is 0 Å². The molecule has 1 amide bonds. The number of rotatable bonds is 5. The highest BCUT2D eigenvalue weighted by Crippen LogP contribution is 2.19. The number of nitrogen functional groups attached to an aromatic ring is 1. The number of ether oxygens (including phenoxy) is 1. The first-order chi connectivity index (χ1) is 9.22. The maximum absolute atomic E-state index is 11.9. The SMILES string of the molecule is CCOCCNC(=O)c1cc(N)c2ccccc2n1. The van der Waals surface area contributed by atoms with Gasteiger partial charge in [0.25, 0.3) is 5.91 Å². The van der Waals surface area contributed by atoms with Crippen molar-refractivity contribution in [1.82, 2.24) is 10.3 Å². The van der Waals surface area contributed by atoms with Gasteiger partial charge in [-0.2, -0.15) is 0 Å². The summed E-state index contributed by atoms with van der Waals surface area (Å²) in [4.78, 5) is 16.2. The molecule has 1 aromatic heterocycles. The zero-order chi connectivity index (χ0) is 13.7. The molecular weight excluding hydrogens is 242 g/mol. The molecule has 3 N–H and O–H groups in total. The van der Waals surface area contributed by atoms with Crippen molar-refractivity contribution in [3.8, 4) is 0 Å². The van der Waals surface area contributed by atoms with E-state index in [1.807, 2.05) is 31.2 Å². The number of fused-ring (bicyclic) bond motifs is 1. The average Bonchev–Trinajstić information content (AvgIpc) is 2.43. The summed E-state index contributed by atoms with van der Waals surface area (Å²) >= 11 is 0. The first-order valence-corrected chi connectivity index (χ1v) is 6.23. The van der Waals surface area contributed by atoms with E-state index in [0.717, 1.165) is 10.9 Å². The number of nitrogens with zero attached hydrogens (tertiary/aromatic N) is 1. The van der Waals surface area contributed by atoms with Crippen LogP contribution >= 0.6 is 0 Å². The van der Waals surface area contributed by atoms with E-state index in [-0.39, 0.29) is 5.91 Å². The summed E-state index contributed by atoms with van der Waals surface area (Å²) in [7, 11) is 0. The van der Waals surface area contributed by atoms with Gasteiger partial charge in [0.2, 0.25) is 0 Å². The molecule has 0 radical (unpaired) electrons. The molecule has 0 aliphatic rings. The molecule has 1 heterocycles. The molecule has 0 aliphatic heterocycles. The Kier molecular flexibility index (Phi) is 4.30. The van der Waals surface area contributed by atoms with E-state index >= 15 is 0 Å². The molecule has 0 aliphatic carbocycles. The molecule has 5 nitrogen and oxygen atoms in total. The largest absolute Gasteiger partial charge is 0.398 e. The third-order valence-corrected chi connectivity index (χ3v) is 2.72. The van der Waals surface area contributed by atoms with Crippen molar-refractivity contribution in [2.75, 3.05) is 25.5 Å². The number of carbonyl (C=O) groups is 1. The van der Waals surface area contributed by atoms with E-state index in [4.69, 9.17) is 10.5 Å². The Morgan fingerprint density at radius 3 is 3.00 bits per heavy atom. The predicted octanol–water partition coefficient (Wildman–Crippen LogP) is 1.58. The minimum Gasteiger partial charge on any atom is -0.398 e. The van der Waals surface area contributed by atoms with Gasteiger partial charge in [-0.3, -0.25) is 4.79 Å². The molecular formula is C14H17N3O2. The van der Waals surface area contributed by atoms with Crippen LogP contribution in [0.15, 0.2) is 30.3 Å².